The van der Waals surface area contributed by atoms with Crippen LogP contribution >= 0.6 is 12.6 Å². The summed E-state index contributed by atoms with van der Waals surface area (Å²) in [5.74, 6) is 0. The fraction of sp³-hybridized carbons (Fsp3) is 1.00. The third kappa shape index (κ3) is 33.9. The number of thiol groups is 1. The van der Waals surface area contributed by atoms with Crippen molar-refractivity contribution >= 4 is 12.6 Å². The predicted molar refractivity (Wildman–Crippen MR) is 18.4 cm³/mol. The summed E-state index contributed by atoms with van der Waals surface area (Å²) in [6, 6.07) is 0. The molecule has 26 valence electrons. The van der Waals surface area contributed by atoms with Gasteiger partial charge < -0.3 is 5.11 Å². The fourth-order valence-electron chi connectivity index (χ4n) is 0. The minimum Gasteiger partial charge on any atom is -0.844 e. The Balaban J connectivity index is 0. The second-order valence-electron chi connectivity index (χ2n) is 0.599. The molecule has 0 heterocycles. The normalized spacial score (nSPS) is 12.6. The van der Waals surface area contributed by atoms with E-state index >= 15 is 0 Å². The molecule has 0 amide bonds. The number of hydrogen-bond donors (Lipinski definition) is 1. The molecule has 0 aromatic heterocycles. The first-order valence-corrected chi connectivity index (χ1v) is 1.59. The van der Waals surface area contributed by atoms with E-state index in [4.69, 9.17) is 0 Å². The molecule has 0 aliphatic rings. The molecule has 5 heavy (non-hydrogen) atoms. The largest absolute Gasteiger partial charge is 1.00 e. The molecule has 0 saturated heterocycles. The van der Waals surface area contributed by atoms with Gasteiger partial charge in [-0.25, -0.2) is 0 Å². The zero-order chi connectivity index (χ0) is 3.58. The fourth-order valence-corrected chi connectivity index (χ4v) is 0. The standard InChI is InChI=1S/C2H5OS.Na/c1-2(3)4;/h2,4H,1H3;/q-1;+1. The number of hydrogen-bond acceptors (Lipinski definition) is 2. The summed E-state index contributed by atoms with van der Waals surface area (Å²) < 4.78 is 0. The van der Waals surface area contributed by atoms with Crippen molar-refractivity contribution in [1.29, 1.82) is 0 Å². The smallest absolute Gasteiger partial charge is 0.844 e. The van der Waals surface area contributed by atoms with Gasteiger partial charge in [-0.3, -0.25) is 0 Å². The summed E-state index contributed by atoms with van der Waals surface area (Å²) in [5.41, 5.74) is -0.722. The second kappa shape index (κ2) is 5.31. The molecule has 0 saturated carbocycles. The van der Waals surface area contributed by atoms with Crippen molar-refractivity contribution in [1.82, 2.24) is 0 Å². The quantitative estimate of drug-likeness (QED) is 0.192. The van der Waals surface area contributed by atoms with Crippen molar-refractivity contribution in [3.8, 4) is 0 Å². The van der Waals surface area contributed by atoms with Crippen molar-refractivity contribution in [2.45, 2.75) is 12.4 Å². The molecule has 1 atom stereocenters. The summed E-state index contributed by atoms with van der Waals surface area (Å²) in [4.78, 5) is 0. The van der Waals surface area contributed by atoms with Gasteiger partial charge in [-0.1, -0.05) is 12.4 Å². The molecule has 0 spiro atoms. The minimum absolute atomic E-state index is 0. The molecule has 0 N–H and O–H groups in total. The minimum atomic E-state index is -0.722. The van der Waals surface area contributed by atoms with Gasteiger partial charge in [-0.15, -0.1) is 0 Å². The van der Waals surface area contributed by atoms with Crippen LogP contribution < -0.4 is 34.7 Å². The maximum absolute atomic E-state index is 9.39. The molecular formula is C2H5NaOS. The Morgan fingerprint density at radius 2 is 1.80 bits per heavy atom. The molecular weight excluding hydrogens is 95.1 g/mol. The Morgan fingerprint density at radius 1 is 1.80 bits per heavy atom. The maximum Gasteiger partial charge on any atom is 1.00 e. The predicted octanol–water partition coefficient (Wildman–Crippen LogP) is -3.37. The van der Waals surface area contributed by atoms with Gasteiger partial charge in [0.1, 0.15) is 0 Å². The van der Waals surface area contributed by atoms with Gasteiger partial charge in [0.05, 0.1) is 0 Å². The van der Waals surface area contributed by atoms with Crippen molar-refractivity contribution in [2.75, 3.05) is 0 Å². The van der Waals surface area contributed by atoms with Crippen molar-refractivity contribution in [3.05, 3.63) is 0 Å². The Morgan fingerprint density at radius 3 is 1.80 bits per heavy atom. The summed E-state index contributed by atoms with van der Waals surface area (Å²) >= 11 is 3.41. The van der Waals surface area contributed by atoms with Crippen LogP contribution in [-0.4, -0.2) is 5.44 Å². The average molecular weight is 100 g/mol. The molecule has 0 aliphatic carbocycles. The molecule has 0 aromatic rings. The number of rotatable bonds is 0. The van der Waals surface area contributed by atoms with E-state index in [1.807, 2.05) is 0 Å². The van der Waals surface area contributed by atoms with Gasteiger partial charge in [0, 0.05) is 0 Å². The molecule has 0 radical (unpaired) electrons. The Kier molecular flexibility index (Phi) is 10.2. The van der Waals surface area contributed by atoms with Crippen molar-refractivity contribution < 1.29 is 34.7 Å². The van der Waals surface area contributed by atoms with Gasteiger partial charge in [-0.2, -0.15) is 12.6 Å². The Hall–Kier alpha value is 1.31. The first-order chi connectivity index (χ1) is 1.73. The van der Waals surface area contributed by atoms with Crippen LogP contribution in [0.2, 0.25) is 0 Å². The van der Waals surface area contributed by atoms with E-state index in [0.29, 0.717) is 0 Å². The van der Waals surface area contributed by atoms with E-state index in [1.54, 1.807) is 0 Å². The van der Waals surface area contributed by atoms with Crippen LogP contribution in [0.5, 0.6) is 0 Å². The van der Waals surface area contributed by atoms with Crippen LogP contribution in [-0.2, 0) is 0 Å². The van der Waals surface area contributed by atoms with Crippen molar-refractivity contribution in [3.63, 3.8) is 0 Å². The summed E-state index contributed by atoms with van der Waals surface area (Å²) in [7, 11) is 0. The van der Waals surface area contributed by atoms with Gasteiger partial charge >= 0.3 is 29.6 Å². The molecule has 0 bridgehead atoms. The van der Waals surface area contributed by atoms with Crippen LogP contribution in [0.1, 0.15) is 6.92 Å². The van der Waals surface area contributed by atoms with Gasteiger partial charge in [0.15, 0.2) is 0 Å². The second-order valence-corrected chi connectivity index (χ2v) is 1.33. The first kappa shape index (κ1) is 9.58. The van der Waals surface area contributed by atoms with Crippen molar-refractivity contribution in [2.24, 2.45) is 0 Å². The molecule has 0 aromatic carbocycles. The molecule has 3 heteroatoms. The van der Waals surface area contributed by atoms with Gasteiger partial charge in [0.2, 0.25) is 0 Å². The van der Waals surface area contributed by atoms with E-state index in [0.717, 1.165) is 0 Å². The Labute approximate surface area is 59.5 Å². The molecule has 0 aliphatic heterocycles. The monoisotopic (exact) mass is 100.0 g/mol. The zero-order valence-corrected chi connectivity index (χ0v) is 6.33. The molecule has 0 fully saturated rings. The van der Waals surface area contributed by atoms with E-state index < -0.39 is 5.44 Å². The molecule has 1 unspecified atom stereocenters. The maximum atomic E-state index is 9.39. The third-order valence-electron chi connectivity index (χ3n) is 0. The third-order valence-corrected chi connectivity index (χ3v) is 0. The van der Waals surface area contributed by atoms with E-state index in [2.05, 4.69) is 12.6 Å². The van der Waals surface area contributed by atoms with Crippen LogP contribution in [0.4, 0.5) is 0 Å². The average Bonchev–Trinajstić information content (AvgIpc) is 0.811. The van der Waals surface area contributed by atoms with Crippen LogP contribution in [0, 0.1) is 0 Å². The van der Waals surface area contributed by atoms with Crippen LogP contribution in [0.25, 0.3) is 0 Å². The van der Waals surface area contributed by atoms with E-state index in [1.165, 1.54) is 6.92 Å². The van der Waals surface area contributed by atoms with E-state index in [-0.39, 0.29) is 29.6 Å². The van der Waals surface area contributed by atoms with Gasteiger partial charge in [0.25, 0.3) is 0 Å². The zero-order valence-electron chi connectivity index (χ0n) is 3.43. The summed E-state index contributed by atoms with van der Waals surface area (Å²) in [6.07, 6.45) is 0. The SMILES string of the molecule is CC([O-])S.[Na+]. The van der Waals surface area contributed by atoms with Gasteiger partial charge in [-0.05, 0) is 0 Å². The molecule has 0 rings (SSSR count). The van der Waals surface area contributed by atoms with Crippen LogP contribution in [0.15, 0.2) is 0 Å². The van der Waals surface area contributed by atoms with Crippen LogP contribution in [0.3, 0.4) is 0 Å². The van der Waals surface area contributed by atoms with E-state index in [9.17, 15) is 5.11 Å². The Bertz CT molecular complexity index is 14.4. The first-order valence-electron chi connectivity index (χ1n) is 1.07. The summed E-state index contributed by atoms with van der Waals surface area (Å²) in [5, 5.41) is 9.39. The molecule has 1 nitrogen and oxygen atoms in total. The summed E-state index contributed by atoms with van der Waals surface area (Å²) in [6.45, 7) is 1.48. The topological polar surface area (TPSA) is 23.1 Å².